The Kier molecular flexibility index (Phi) is 7.63. The zero-order valence-corrected chi connectivity index (χ0v) is 23.6. The summed E-state index contributed by atoms with van der Waals surface area (Å²) in [6, 6.07) is 12.5. The zero-order valence-electron chi connectivity index (χ0n) is 23.6. The second-order valence-corrected chi connectivity index (χ2v) is 11.3. The molecule has 2 aliphatic carbocycles. The van der Waals surface area contributed by atoms with E-state index in [9.17, 15) is 9.59 Å². The van der Waals surface area contributed by atoms with Crippen molar-refractivity contribution in [2.75, 3.05) is 5.32 Å². The number of nitrogens with one attached hydrogen (secondary N) is 2. The summed E-state index contributed by atoms with van der Waals surface area (Å²) in [6.45, 7) is 0. The van der Waals surface area contributed by atoms with E-state index in [0.717, 1.165) is 61.2 Å². The van der Waals surface area contributed by atoms with Crippen LogP contribution in [0.5, 0.6) is 0 Å². The van der Waals surface area contributed by atoms with E-state index in [1.807, 2.05) is 54.3 Å². The quantitative estimate of drug-likeness (QED) is 0.217. The number of pyridine rings is 1. The Morgan fingerprint density at radius 2 is 1.66 bits per heavy atom. The average molecular weight is 553 g/mol. The largest absolute Gasteiger partial charge is 0.340 e. The van der Waals surface area contributed by atoms with Gasteiger partial charge in [-0.05, 0) is 74.1 Å². The molecule has 2 saturated carbocycles. The predicted molar refractivity (Wildman–Crippen MR) is 156 cm³/mol. The lowest BCUT2D eigenvalue weighted by atomic mass is 9.86. The molecule has 0 radical (unpaired) electrons. The van der Waals surface area contributed by atoms with Crippen molar-refractivity contribution in [3.8, 4) is 11.3 Å². The van der Waals surface area contributed by atoms with Gasteiger partial charge in [0.05, 0.1) is 17.4 Å². The summed E-state index contributed by atoms with van der Waals surface area (Å²) in [5.74, 6) is 0.987. The van der Waals surface area contributed by atoms with Gasteiger partial charge in [-0.15, -0.1) is 5.10 Å². The third-order valence-corrected chi connectivity index (χ3v) is 8.29. The fourth-order valence-corrected chi connectivity index (χ4v) is 5.85. The molecule has 2 aliphatic rings. The van der Waals surface area contributed by atoms with Gasteiger partial charge in [0.25, 0.3) is 5.91 Å². The van der Waals surface area contributed by atoms with Crippen LogP contribution in [0.15, 0.2) is 54.9 Å². The maximum Gasteiger partial charge on any atom is 0.270 e. The normalized spacial score (nSPS) is 16.6. The van der Waals surface area contributed by atoms with Crippen molar-refractivity contribution in [1.29, 1.82) is 0 Å². The van der Waals surface area contributed by atoms with E-state index in [2.05, 4.69) is 31.0 Å². The molecular formula is C31H36N8O2. The number of carbonyl (C=O) groups is 2. The molecule has 6 rings (SSSR count). The van der Waals surface area contributed by atoms with Crippen LogP contribution in [0.4, 0.5) is 11.5 Å². The molecule has 1 aromatic carbocycles. The number of benzene rings is 1. The van der Waals surface area contributed by atoms with Crippen molar-refractivity contribution in [3.05, 3.63) is 71.8 Å². The molecule has 3 aromatic heterocycles. The number of ketones is 1. The van der Waals surface area contributed by atoms with Gasteiger partial charge in [0.2, 0.25) is 0 Å². The molecule has 4 aromatic rings. The summed E-state index contributed by atoms with van der Waals surface area (Å²) in [4.78, 5) is 31.5. The molecule has 2 N–H and O–H groups in total. The average Bonchev–Trinajstić information content (AvgIpc) is 3.70. The van der Waals surface area contributed by atoms with Crippen LogP contribution in [-0.4, -0.2) is 47.5 Å². The maximum atomic E-state index is 13.8. The summed E-state index contributed by atoms with van der Waals surface area (Å²) in [5, 5.41) is 19.1. The lowest BCUT2D eigenvalue weighted by Gasteiger charge is -2.26. The fourth-order valence-electron chi connectivity index (χ4n) is 5.85. The fraction of sp³-hybridized carbons (Fsp3) is 0.419. The molecule has 1 amide bonds. The van der Waals surface area contributed by atoms with Crippen LogP contribution in [0, 0.1) is 5.92 Å². The summed E-state index contributed by atoms with van der Waals surface area (Å²) in [7, 11) is 3.64. The molecule has 2 fully saturated rings. The van der Waals surface area contributed by atoms with Gasteiger partial charge >= 0.3 is 0 Å². The number of nitrogens with zero attached hydrogens (tertiary/aromatic N) is 6. The molecule has 10 nitrogen and oxygen atoms in total. The maximum absolute atomic E-state index is 13.8. The number of amides is 1. The van der Waals surface area contributed by atoms with Crippen LogP contribution in [0.3, 0.4) is 0 Å². The van der Waals surface area contributed by atoms with Gasteiger partial charge in [-0.3, -0.25) is 14.3 Å². The molecule has 0 spiro atoms. The molecule has 0 bridgehead atoms. The zero-order chi connectivity index (χ0) is 28.3. The van der Waals surface area contributed by atoms with E-state index in [1.54, 1.807) is 19.3 Å². The highest BCUT2D eigenvalue weighted by atomic mass is 16.2. The van der Waals surface area contributed by atoms with E-state index in [4.69, 9.17) is 0 Å². The lowest BCUT2D eigenvalue weighted by molar-refractivity contribution is 0.0808. The van der Waals surface area contributed by atoms with Crippen molar-refractivity contribution >= 4 is 23.2 Å². The highest BCUT2D eigenvalue weighted by Crippen LogP contribution is 2.43. The molecular weight excluding hydrogens is 516 g/mol. The first kappa shape index (κ1) is 26.9. The highest BCUT2D eigenvalue weighted by molar-refractivity contribution is 6.04. The van der Waals surface area contributed by atoms with Gasteiger partial charge in [-0.1, -0.05) is 30.9 Å². The number of aromatic nitrogens is 6. The Hall–Kier alpha value is -4.34. The first-order chi connectivity index (χ1) is 20.0. The van der Waals surface area contributed by atoms with Gasteiger partial charge in [0.15, 0.2) is 5.78 Å². The standard InChI is InChI=1S/C31H36N8O2/c1-38-25(17-18-33-38)31(41)35-28(20-7-5-3-4-6-8-20)30(40)22-11-14-24(15-12-22)34-26-16-13-23(19-32-26)29-27(21-9-10-21)36-37-39(29)2/h11-21,28H,3-10H2,1-2H3,(H,32,34)(H,35,41)/t28-/m0/s1. The van der Waals surface area contributed by atoms with Crippen molar-refractivity contribution in [1.82, 2.24) is 35.1 Å². The van der Waals surface area contributed by atoms with Crippen LogP contribution >= 0.6 is 0 Å². The SMILES string of the molecule is Cn1nccc1C(=O)N[C@H](C(=O)c1ccc(Nc2ccc(-c3c(C4CC4)nnn3C)cn2)cc1)C1CCCCCC1. The minimum atomic E-state index is -0.578. The summed E-state index contributed by atoms with van der Waals surface area (Å²) >= 11 is 0. The molecule has 1 atom stereocenters. The van der Waals surface area contributed by atoms with Crippen LogP contribution in [0.2, 0.25) is 0 Å². The monoisotopic (exact) mass is 552 g/mol. The summed E-state index contributed by atoms with van der Waals surface area (Å²) in [6.07, 6.45) is 12.1. The van der Waals surface area contributed by atoms with Gasteiger partial charge < -0.3 is 10.6 Å². The summed E-state index contributed by atoms with van der Waals surface area (Å²) in [5.41, 5.74) is 4.91. The third kappa shape index (κ3) is 5.91. The smallest absolute Gasteiger partial charge is 0.270 e. The number of hydrogen-bond acceptors (Lipinski definition) is 7. The number of carbonyl (C=O) groups excluding carboxylic acids is 2. The molecule has 0 unspecified atom stereocenters. The van der Waals surface area contributed by atoms with Gasteiger partial charge in [-0.2, -0.15) is 5.10 Å². The molecule has 3 heterocycles. The number of Topliss-reactive ketones (excluding diaryl/α,β-unsaturated/α-hetero) is 1. The number of anilines is 2. The Bertz CT molecular complexity index is 1510. The summed E-state index contributed by atoms with van der Waals surface area (Å²) < 4.78 is 3.35. The number of hydrogen-bond donors (Lipinski definition) is 2. The molecule has 0 saturated heterocycles. The van der Waals surface area contributed by atoms with Crippen molar-refractivity contribution in [2.24, 2.45) is 20.0 Å². The predicted octanol–water partition coefficient (Wildman–Crippen LogP) is 5.18. The minimum absolute atomic E-state index is 0.0577. The molecule has 212 valence electrons. The van der Waals surface area contributed by atoms with Gasteiger partial charge in [0.1, 0.15) is 11.5 Å². The second kappa shape index (κ2) is 11.6. The number of aryl methyl sites for hydroxylation is 2. The van der Waals surface area contributed by atoms with Crippen LogP contribution in [0.1, 0.15) is 83.8 Å². The second-order valence-electron chi connectivity index (χ2n) is 11.3. The minimum Gasteiger partial charge on any atom is -0.340 e. The van der Waals surface area contributed by atoms with Crippen LogP contribution in [0.25, 0.3) is 11.3 Å². The Labute approximate surface area is 239 Å². The van der Waals surface area contributed by atoms with Crippen molar-refractivity contribution < 1.29 is 9.59 Å². The third-order valence-electron chi connectivity index (χ3n) is 8.29. The van der Waals surface area contributed by atoms with E-state index >= 15 is 0 Å². The van der Waals surface area contributed by atoms with Crippen molar-refractivity contribution in [3.63, 3.8) is 0 Å². The molecule has 10 heteroatoms. The van der Waals surface area contributed by atoms with E-state index in [0.29, 0.717) is 23.0 Å². The van der Waals surface area contributed by atoms with E-state index in [1.165, 1.54) is 17.5 Å². The van der Waals surface area contributed by atoms with Gasteiger partial charge in [0, 0.05) is 49.2 Å². The van der Waals surface area contributed by atoms with Crippen LogP contribution < -0.4 is 10.6 Å². The first-order valence-corrected chi connectivity index (χ1v) is 14.5. The highest BCUT2D eigenvalue weighted by Gasteiger charge is 2.32. The van der Waals surface area contributed by atoms with E-state index < -0.39 is 6.04 Å². The Balaban J connectivity index is 1.16. The van der Waals surface area contributed by atoms with Crippen molar-refractivity contribution in [2.45, 2.75) is 63.3 Å². The van der Waals surface area contributed by atoms with E-state index in [-0.39, 0.29) is 17.6 Å². The lowest BCUT2D eigenvalue weighted by Crippen LogP contribution is -2.46. The Morgan fingerprint density at radius 3 is 2.29 bits per heavy atom. The topological polar surface area (TPSA) is 120 Å². The van der Waals surface area contributed by atoms with Crippen LogP contribution in [-0.2, 0) is 14.1 Å². The molecule has 41 heavy (non-hydrogen) atoms. The van der Waals surface area contributed by atoms with Gasteiger partial charge in [-0.25, -0.2) is 9.67 Å². The molecule has 0 aliphatic heterocycles. The Morgan fingerprint density at radius 1 is 0.902 bits per heavy atom. The first-order valence-electron chi connectivity index (χ1n) is 14.5. The number of rotatable bonds is 9.